The number of amidine groups is 1. The highest BCUT2D eigenvalue weighted by Gasteiger charge is 2.54. The summed E-state index contributed by atoms with van der Waals surface area (Å²) in [5, 5.41) is 3.74. The number of ketones is 1. The standard InChI is InChI=1S/C24H24N2O3S/c1-24(12-18-16-8-3-4-9-17(16)19(24)11-21(18)27)22(28)26-23-25-20(13-30-23)14-6-5-7-15(10-14)29-2/h3-10,18-20H,11-13H2,1-2H3,(H,25,26,28). The number of methoxy groups -OCH3 is 1. The Morgan fingerprint density at radius 2 is 2.00 bits per heavy atom. The fraction of sp³-hybridized carbons (Fsp3) is 0.375. The van der Waals surface area contributed by atoms with Gasteiger partial charge in [-0.25, -0.2) is 0 Å². The van der Waals surface area contributed by atoms with Crippen LogP contribution in [-0.4, -0.2) is 29.7 Å². The second kappa shape index (κ2) is 7.27. The van der Waals surface area contributed by atoms with E-state index in [0.717, 1.165) is 28.2 Å². The van der Waals surface area contributed by atoms with E-state index >= 15 is 0 Å². The van der Waals surface area contributed by atoms with Crippen molar-refractivity contribution >= 4 is 28.6 Å². The van der Waals surface area contributed by atoms with Crippen LogP contribution in [0.25, 0.3) is 0 Å². The predicted octanol–water partition coefficient (Wildman–Crippen LogP) is 4.21. The van der Waals surface area contributed by atoms with Gasteiger partial charge in [0.25, 0.3) is 0 Å². The molecule has 4 unspecified atom stereocenters. The molecule has 1 saturated carbocycles. The van der Waals surface area contributed by atoms with Crippen LogP contribution in [0.2, 0.25) is 0 Å². The van der Waals surface area contributed by atoms with Gasteiger partial charge in [0.15, 0.2) is 5.17 Å². The van der Waals surface area contributed by atoms with Crippen LogP contribution in [0.5, 0.6) is 5.75 Å². The van der Waals surface area contributed by atoms with Crippen molar-refractivity contribution in [3.05, 3.63) is 65.2 Å². The fourth-order valence-electron chi connectivity index (χ4n) is 5.08. The Balaban J connectivity index is 1.37. The monoisotopic (exact) mass is 420 g/mol. The summed E-state index contributed by atoms with van der Waals surface area (Å²) >= 11 is 1.57. The van der Waals surface area contributed by atoms with E-state index in [1.807, 2.05) is 49.4 Å². The van der Waals surface area contributed by atoms with Crippen LogP contribution in [0.3, 0.4) is 0 Å². The molecule has 6 heteroatoms. The molecule has 0 saturated heterocycles. The van der Waals surface area contributed by atoms with Gasteiger partial charge in [-0.15, -0.1) is 0 Å². The second-order valence-corrected chi connectivity index (χ2v) is 9.53. The lowest BCUT2D eigenvalue weighted by Crippen LogP contribution is -2.51. The van der Waals surface area contributed by atoms with Crippen molar-refractivity contribution < 1.29 is 14.3 Å². The maximum atomic E-state index is 13.4. The Hall–Kier alpha value is -2.60. The highest BCUT2D eigenvalue weighted by atomic mass is 32.2. The van der Waals surface area contributed by atoms with Crippen LogP contribution in [0.4, 0.5) is 0 Å². The Morgan fingerprint density at radius 1 is 1.20 bits per heavy atom. The number of carbonyl (C=O) groups excluding carboxylic acids is 2. The number of aliphatic imine (C=N–C) groups is 1. The van der Waals surface area contributed by atoms with Crippen LogP contribution in [-0.2, 0) is 9.59 Å². The van der Waals surface area contributed by atoms with E-state index < -0.39 is 5.41 Å². The maximum absolute atomic E-state index is 13.4. The van der Waals surface area contributed by atoms with E-state index in [1.54, 1.807) is 18.9 Å². The second-order valence-electron chi connectivity index (χ2n) is 8.52. The number of hydrogen-bond acceptors (Lipinski definition) is 5. The molecule has 6 rings (SSSR count). The molecule has 3 aliphatic carbocycles. The average molecular weight is 421 g/mol. The third-order valence-corrected chi connectivity index (χ3v) is 7.77. The smallest absolute Gasteiger partial charge is 0.232 e. The zero-order valence-corrected chi connectivity index (χ0v) is 17.9. The van der Waals surface area contributed by atoms with Crippen molar-refractivity contribution in [1.29, 1.82) is 0 Å². The molecule has 5 nitrogen and oxygen atoms in total. The molecule has 2 bridgehead atoms. The summed E-state index contributed by atoms with van der Waals surface area (Å²) in [6.07, 6.45) is 1.01. The Bertz CT molecular complexity index is 1070. The fourth-order valence-corrected chi connectivity index (χ4v) is 6.03. The number of benzene rings is 2. The number of amides is 1. The van der Waals surface area contributed by atoms with Crippen LogP contribution in [0.15, 0.2) is 53.5 Å². The molecule has 1 fully saturated rings. The van der Waals surface area contributed by atoms with E-state index in [9.17, 15) is 9.59 Å². The molecule has 1 heterocycles. The molecule has 2 aromatic rings. The van der Waals surface area contributed by atoms with Crippen LogP contribution < -0.4 is 10.1 Å². The number of rotatable bonds is 3. The minimum absolute atomic E-state index is 0.00156. The summed E-state index contributed by atoms with van der Waals surface area (Å²) in [4.78, 5) is 30.7. The van der Waals surface area contributed by atoms with Gasteiger partial charge in [0.05, 0.1) is 18.6 Å². The number of fused-ring (bicyclic) bond motifs is 2. The van der Waals surface area contributed by atoms with Gasteiger partial charge >= 0.3 is 0 Å². The summed E-state index contributed by atoms with van der Waals surface area (Å²) in [5.74, 6) is 1.57. The predicted molar refractivity (Wildman–Crippen MR) is 118 cm³/mol. The number of hydrogen-bond donors (Lipinski definition) is 1. The van der Waals surface area contributed by atoms with Crippen molar-refractivity contribution in [1.82, 2.24) is 5.32 Å². The topological polar surface area (TPSA) is 67.8 Å². The molecular weight excluding hydrogens is 396 g/mol. The molecule has 0 aromatic heterocycles. The van der Waals surface area contributed by atoms with Crippen LogP contribution in [0.1, 0.15) is 54.3 Å². The number of ether oxygens (including phenoxy) is 1. The molecule has 4 atom stereocenters. The van der Waals surface area contributed by atoms with Gasteiger partial charge in [0.2, 0.25) is 5.91 Å². The van der Waals surface area contributed by atoms with Gasteiger partial charge in [0.1, 0.15) is 11.5 Å². The zero-order chi connectivity index (χ0) is 20.9. The summed E-state index contributed by atoms with van der Waals surface area (Å²) in [5.41, 5.74) is 2.73. The molecule has 4 aliphatic rings. The van der Waals surface area contributed by atoms with Crippen molar-refractivity contribution in [3.8, 4) is 5.75 Å². The third kappa shape index (κ3) is 3.05. The van der Waals surface area contributed by atoms with Crippen molar-refractivity contribution in [3.63, 3.8) is 0 Å². The number of Topliss-reactive ketones (excluding diaryl/α,β-unsaturated/α-hetero) is 1. The number of carbonyl (C=O) groups is 2. The Labute approximate surface area is 180 Å². The third-order valence-electron chi connectivity index (χ3n) is 6.81. The number of nitrogens with zero attached hydrogens (tertiary/aromatic N) is 1. The van der Waals surface area contributed by atoms with Gasteiger partial charge in [-0.1, -0.05) is 55.1 Å². The molecular formula is C24H24N2O3S. The highest BCUT2D eigenvalue weighted by Crippen LogP contribution is 2.57. The van der Waals surface area contributed by atoms with E-state index in [-0.39, 0.29) is 29.6 Å². The highest BCUT2D eigenvalue weighted by molar-refractivity contribution is 8.14. The van der Waals surface area contributed by atoms with E-state index in [0.29, 0.717) is 18.0 Å². The maximum Gasteiger partial charge on any atom is 0.232 e. The van der Waals surface area contributed by atoms with Gasteiger partial charge in [-0.2, -0.15) is 0 Å². The first-order valence-corrected chi connectivity index (χ1v) is 11.3. The molecule has 1 N–H and O–H groups in total. The molecule has 2 aromatic carbocycles. The molecule has 30 heavy (non-hydrogen) atoms. The summed E-state index contributed by atoms with van der Waals surface area (Å²) < 4.78 is 5.31. The number of nitrogens with one attached hydrogen (secondary N) is 1. The minimum Gasteiger partial charge on any atom is -0.497 e. The number of thioether (sulfide) groups is 1. The normalized spacial score (nSPS) is 29.3. The summed E-state index contributed by atoms with van der Waals surface area (Å²) in [7, 11) is 1.65. The molecule has 0 spiro atoms. The minimum atomic E-state index is -0.607. The largest absolute Gasteiger partial charge is 0.497 e. The van der Waals surface area contributed by atoms with Crippen LogP contribution in [0, 0.1) is 5.41 Å². The SMILES string of the molecule is COc1cccc(C2CSC(NC(=O)C3(C)CC4C(=O)CC3c3ccccc34)=N2)c1. The Kier molecular flexibility index (Phi) is 4.69. The van der Waals surface area contributed by atoms with E-state index in [1.165, 1.54) is 0 Å². The molecule has 154 valence electrons. The van der Waals surface area contributed by atoms with Crippen molar-refractivity contribution in [2.45, 2.75) is 37.6 Å². The lowest BCUT2D eigenvalue weighted by molar-refractivity contribution is -0.137. The van der Waals surface area contributed by atoms with E-state index in [2.05, 4.69) is 11.4 Å². The quantitative estimate of drug-likeness (QED) is 0.808. The Morgan fingerprint density at radius 3 is 2.80 bits per heavy atom. The summed E-state index contributed by atoms with van der Waals surface area (Å²) in [6.45, 7) is 2.00. The van der Waals surface area contributed by atoms with Gasteiger partial charge in [0, 0.05) is 24.0 Å². The van der Waals surface area contributed by atoms with Gasteiger partial charge < -0.3 is 10.1 Å². The lowest BCUT2D eigenvalue weighted by atomic mass is 9.54. The van der Waals surface area contributed by atoms with Crippen molar-refractivity contribution in [2.75, 3.05) is 12.9 Å². The molecule has 1 aliphatic heterocycles. The zero-order valence-electron chi connectivity index (χ0n) is 17.1. The van der Waals surface area contributed by atoms with Crippen LogP contribution >= 0.6 is 11.8 Å². The first kappa shape index (κ1) is 19.4. The van der Waals surface area contributed by atoms with Gasteiger partial charge in [-0.3, -0.25) is 14.6 Å². The van der Waals surface area contributed by atoms with Crippen molar-refractivity contribution in [2.24, 2.45) is 10.4 Å². The first-order valence-electron chi connectivity index (χ1n) is 10.3. The van der Waals surface area contributed by atoms with Gasteiger partial charge in [-0.05, 0) is 35.2 Å². The molecule has 0 radical (unpaired) electrons. The summed E-state index contributed by atoms with van der Waals surface area (Å²) in [6, 6.07) is 16.0. The van der Waals surface area contributed by atoms with E-state index in [4.69, 9.17) is 9.73 Å². The lowest BCUT2D eigenvalue weighted by Gasteiger charge is -2.48. The average Bonchev–Trinajstić information content (AvgIpc) is 3.23. The first-order chi connectivity index (χ1) is 14.5. The molecule has 1 amide bonds.